The first-order chi connectivity index (χ1) is 26.0. The van der Waals surface area contributed by atoms with Crippen molar-refractivity contribution in [2.24, 2.45) is 23.7 Å². The van der Waals surface area contributed by atoms with Gasteiger partial charge in [-0.1, -0.05) is 106 Å². The number of ether oxygens (including phenoxy) is 3. The quantitative estimate of drug-likeness (QED) is 0.187. The minimum atomic E-state index is -1.78. The lowest BCUT2D eigenvalue weighted by atomic mass is 9.83. The Labute approximate surface area is 326 Å². The van der Waals surface area contributed by atoms with E-state index in [4.69, 9.17) is 14.2 Å². The van der Waals surface area contributed by atoms with Gasteiger partial charge >= 0.3 is 11.9 Å². The van der Waals surface area contributed by atoms with E-state index in [1.807, 2.05) is 98.9 Å². The second-order valence-corrected chi connectivity index (χ2v) is 15.1. The van der Waals surface area contributed by atoms with Crippen LogP contribution in [0.2, 0.25) is 0 Å². The van der Waals surface area contributed by atoms with E-state index >= 15 is 0 Å². The molecular formula is C43H66O12. The van der Waals surface area contributed by atoms with Gasteiger partial charge in [-0.15, -0.1) is 0 Å². The molecule has 7 N–H and O–H groups in total. The van der Waals surface area contributed by atoms with Crippen molar-refractivity contribution >= 4 is 11.9 Å². The van der Waals surface area contributed by atoms with Crippen molar-refractivity contribution in [3.8, 4) is 0 Å². The predicted molar refractivity (Wildman–Crippen MR) is 210 cm³/mol. The number of allylic oxidation sites excluding steroid dienone is 13. The van der Waals surface area contributed by atoms with Crippen LogP contribution in [0.4, 0.5) is 0 Å². The number of cyclic esters (lactones) is 1. The van der Waals surface area contributed by atoms with Gasteiger partial charge in [-0.25, -0.2) is 0 Å². The van der Waals surface area contributed by atoms with Crippen LogP contribution in [0.25, 0.3) is 0 Å². The number of methoxy groups -OCH3 is 1. The Morgan fingerprint density at radius 1 is 0.709 bits per heavy atom. The molecule has 2 heterocycles. The second kappa shape index (κ2) is 25.1. The third kappa shape index (κ3) is 18.5. The molecule has 12 nitrogen and oxygen atoms in total. The van der Waals surface area contributed by atoms with Gasteiger partial charge < -0.3 is 50.0 Å². The normalized spacial score (nSPS) is 41.7. The van der Waals surface area contributed by atoms with E-state index in [1.165, 1.54) is 7.11 Å². The number of carbonyl (C=O) groups excluding carboxylic acids is 2. The molecule has 0 spiro atoms. The van der Waals surface area contributed by atoms with E-state index in [9.17, 15) is 45.3 Å². The maximum Gasteiger partial charge on any atom is 0.311 e. The van der Waals surface area contributed by atoms with Crippen molar-refractivity contribution in [3.63, 3.8) is 0 Å². The van der Waals surface area contributed by atoms with E-state index < -0.39 is 78.4 Å². The first kappa shape index (κ1) is 48.0. The topological polar surface area (TPSA) is 203 Å². The molecule has 1 saturated heterocycles. The van der Waals surface area contributed by atoms with E-state index in [0.717, 1.165) is 0 Å². The zero-order valence-electron chi connectivity index (χ0n) is 33.0. The number of esters is 2. The minimum Gasteiger partial charge on any atom is -0.469 e. The van der Waals surface area contributed by atoms with Gasteiger partial charge in [0.1, 0.15) is 6.10 Å². The average molecular weight is 775 g/mol. The number of hydrogen-bond donors (Lipinski definition) is 7. The van der Waals surface area contributed by atoms with Crippen LogP contribution in [-0.2, 0) is 23.8 Å². The maximum absolute atomic E-state index is 12.6. The third-order valence-corrected chi connectivity index (χ3v) is 10.2. The summed E-state index contributed by atoms with van der Waals surface area (Å²) in [6.07, 6.45) is 17.5. The van der Waals surface area contributed by atoms with E-state index in [2.05, 4.69) is 0 Å². The van der Waals surface area contributed by atoms with Crippen molar-refractivity contribution in [1.29, 1.82) is 0 Å². The summed E-state index contributed by atoms with van der Waals surface area (Å²) < 4.78 is 16.5. The SMILES string of the molecule is COC(=O)[C@@H]1CC[C@@]2(O)C[C@@H](O)C[C@@H](O)[C@H](O)CC[C@@H](O)C[C@@H](O)CC(=O)O[C@@H](C)[C@H](C)[C@H](O)[C@@H](C)/C=C/C=C/C=C/C=C/C=C/C=C/C=C/[C@H](C)C[C@@H]1O2. The predicted octanol–water partition coefficient (Wildman–Crippen LogP) is 4.29. The maximum atomic E-state index is 12.6. The molecule has 55 heavy (non-hydrogen) atoms. The molecule has 0 aromatic carbocycles. The summed E-state index contributed by atoms with van der Waals surface area (Å²) in [6, 6.07) is 0. The van der Waals surface area contributed by atoms with Crippen molar-refractivity contribution in [1.82, 2.24) is 0 Å². The molecule has 1 fully saturated rings. The third-order valence-electron chi connectivity index (χ3n) is 10.2. The zero-order valence-corrected chi connectivity index (χ0v) is 33.0. The largest absolute Gasteiger partial charge is 0.469 e. The lowest BCUT2D eigenvalue weighted by molar-refractivity contribution is -0.280. The van der Waals surface area contributed by atoms with Crippen molar-refractivity contribution in [2.75, 3.05) is 7.11 Å². The molecule has 2 bridgehead atoms. The molecule has 0 aliphatic carbocycles. The van der Waals surface area contributed by atoms with Crippen molar-refractivity contribution in [2.45, 2.75) is 140 Å². The molecule has 12 heteroatoms. The molecule has 13 atom stereocenters. The lowest BCUT2D eigenvalue weighted by Gasteiger charge is -2.42. The number of carbonyl (C=O) groups is 2. The van der Waals surface area contributed by atoms with E-state index in [0.29, 0.717) is 6.42 Å². The fraction of sp³-hybridized carbons (Fsp3) is 0.628. The molecule has 0 radical (unpaired) electrons. The van der Waals surface area contributed by atoms with Gasteiger partial charge in [0.05, 0.1) is 62.2 Å². The summed E-state index contributed by atoms with van der Waals surface area (Å²) in [6.45, 7) is 7.28. The number of rotatable bonds is 1. The highest BCUT2D eigenvalue weighted by molar-refractivity contribution is 5.73. The molecule has 2 aliphatic heterocycles. The van der Waals surface area contributed by atoms with Gasteiger partial charge in [-0.05, 0) is 44.9 Å². The Morgan fingerprint density at radius 3 is 1.85 bits per heavy atom. The van der Waals surface area contributed by atoms with Gasteiger partial charge in [0, 0.05) is 31.1 Å². The van der Waals surface area contributed by atoms with Crippen LogP contribution in [0.15, 0.2) is 85.1 Å². The van der Waals surface area contributed by atoms with Crippen LogP contribution < -0.4 is 0 Å². The number of aliphatic hydroxyl groups excluding tert-OH is 6. The van der Waals surface area contributed by atoms with Gasteiger partial charge in [0.15, 0.2) is 5.79 Å². The van der Waals surface area contributed by atoms with Crippen LogP contribution in [0.5, 0.6) is 0 Å². The molecule has 310 valence electrons. The van der Waals surface area contributed by atoms with Crippen LogP contribution in [0.3, 0.4) is 0 Å². The summed E-state index contributed by atoms with van der Waals surface area (Å²) in [4.78, 5) is 25.1. The zero-order chi connectivity index (χ0) is 41.0. The molecule has 0 amide bonds. The smallest absolute Gasteiger partial charge is 0.311 e. The molecule has 0 saturated carbocycles. The highest BCUT2D eigenvalue weighted by atomic mass is 16.6. The number of aliphatic hydroxyl groups is 7. The number of fused-ring (bicyclic) bond motifs is 2. The summed E-state index contributed by atoms with van der Waals surface area (Å²) in [5.74, 6) is -4.18. The fourth-order valence-electron chi connectivity index (χ4n) is 6.74. The summed E-state index contributed by atoms with van der Waals surface area (Å²) >= 11 is 0. The van der Waals surface area contributed by atoms with Gasteiger partial charge in [0.25, 0.3) is 0 Å². The highest BCUT2D eigenvalue weighted by Gasteiger charge is 2.45. The standard InChI is InChI=1S/C43H66O12/c1-29-18-16-14-12-10-8-6-7-9-11-13-15-17-19-30(2)41(50)31(3)32(4)54-40(49)27-34(45)25-33(44)20-21-37(47)38(48)26-35(46)28-43(52)23-22-36(42(51)53-5)39(24-29)55-43/h6-19,29-39,41,44-48,50,52H,20-28H2,1-5H3/b7-6+,10-8+,11-9+,14-12+,15-13+,18-16+,19-17+/t29-,30-,31-,32-,33+,34+,35-,36+,37+,38+,39-,41+,43-/m0/s1. The van der Waals surface area contributed by atoms with Crippen molar-refractivity contribution in [3.05, 3.63) is 85.1 Å². The first-order valence-electron chi connectivity index (χ1n) is 19.5. The van der Waals surface area contributed by atoms with E-state index in [-0.39, 0.29) is 63.2 Å². The Morgan fingerprint density at radius 2 is 1.27 bits per heavy atom. The molecule has 0 aromatic rings. The molecule has 2 aliphatic rings. The molecular weight excluding hydrogens is 708 g/mol. The Kier molecular flexibility index (Phi) is 21.9. The highest BCUT2D eigenvalue weighted by Crippen LogP contribution is 2.38. The van der Waals surface area contributed by atoms with Crippen molar-refractivity contribution < 1.29 is 59.5 Å². The van der Waals surface area contributed by atoms with Crippen LogP contribution in [0.1, 0.15) is 85.5 Å². The fourth-order valence-corrected chi connectivity index (χ4v) is 6.74. The summed E-state index contributed by atoms with van der Waals surface area (Å²) in [5.41, 5.74) is 0. The Bertz CT molecular complexity index is 1350. The van der Waals surface area contributed by atoms with Crippen LogP contribution >= 0.6 is 0 Å². The second-order valence-electron chi connectivity index (χ2n) is 15.1. The first-order valence-corrected chi connectivity index (χ1v) is 19.5. The monoisotopic (exact) mass is 774 g/mol. The summed E-state index contributed by atoms with van der Waals surface area (Å²) in [7, 11) is 1.30. The van der Waals surface area contributed by atoms with Gasteiger partial charge in [0.2, 0.25) is 0 Å². The Hall–Kier alpha value is -3.20. The molecule has 2 rings (SSSR count). The van der Waals surface area contributed by atoms with Gasteiger partial charge in [-0.3, -0.25) is 9.59 Å². The Balaban J connectivity index is 2.17. The number of hydrogen-bond acceptors (Lipinski definition) is 12. The average Bonchev–Trinajstić information content (AvgIpc) is 3.12. The minimum absolute atomic E-state index is 0.00322. The van der Waals surface area contributed by atoms with Crippen LogP contribution in [-0.4, -0.2) is 109 Å². The van der Waals surface area contributed by atoms with Crippen LogP contribution in [0, 0.1) is 23.7 Å². The lowest BCUT2D eigenvalue weighted by Crippen LogP contribution is -2.49. The summed E-state index contributed by atoms with van der Waals surface area (Å²) in [5, 5.41) is 75.1. The van der Waals surface area contributed by atoms with E-state index in [1.54, 1.807) is 13.8 Å². The molecule has 0 aromatic heterocycles. The molecule has 0 unspecified atom stereocenters. The van der Waals surface area contributed by atoms with Gasteiger partial charge in [-0.2, -0.15) is 0 Å².